The van der Waals surface area contributed by atoms with Crippen molar-refractivity contribution in [1.29, 1.82) is 0 Å². The Labute approximate surface area is 337 Å². The molecule has 0 saturated heterocycles. The Morgan fingerprint density at radius 3 is 1.53 bits per heavy atom. The highest BCUT2D eigenvalue weighted by molar-refractivity contribution is 7.47. The molecule has 0 aliphatic carbocycles. The molecule has 0 heterocycles. The van der Waals surface area contributed by atoms with Crippen molar-refractivity contribution in [2.45, 2.75) is 199 Å². The summed E-state index contributed by atoms with van der Waals surface area (Å²) in [5.74, 6) is -0.421. The molecule has 0 aromatic carbocycles. The highest BCUT2D eigenvalue weighted by atomic mass is 31.2. The number of carbonyl (C=O) groups excluding carboxylic acids is 1. The molecule has 322 valence electrons. The monoisotopic (exact) mass is 799 g/mol. The van der Waals surface area contributed by atoms with Gasteiger partial charge in [-0.15, -0.1) is 0 Å². The van der Waals surface area contributed by atoms with Gasteiger partial charge in [0, 0.05) is 13.0 Å². The minimum atomic E-state index is -4.53. The van der Waals surface area contributed by atoms with E-state index in [1.165, 1.54) is 103 Å². The molecular formula is C45H83O9P. The van der Waals surface area contributed by atoms with Crippen molar-refractivity contribution in [1.82, 2.24) is 0 Å². The second kappa shape index (κ2) is 42.0. The number of aliphatic hydroxyl groups is 2. The molecule has 0 spiro atoms. The summed E-state index contributed by atoms with van der Waals surface area (Å²) in [6.45, 7) is 3.36. The van der Waals surface area contributed by atoms with Crippen LogP contribution in [0.1, 0.15) is 187 Å². The Morgan fingerprint density at radius 2 is 1.04 bits per heavy atom. The minimum Gasteiger partial charge on any atom is -0.457 e. The van der Waals surface area contributed by atoms with E-state index in [-0.39, 0.29) is 13.0 Å². The third-order valence-corrected chi connectivity index (χ3v) is 10.2. The summed E-state index contributed by atoms with van der Waals surface area (Å²) in [7, 11) is -4.53. The van der Waals surface area contributed by atoms with E-state index in [0.717, 1.165) is 57.8 Å². The third kappa shape index (κ3) is 41.9. The smallest absolute Gasteiger partial charge is 0.457 e. The van der Waals surface area contributed by atoms with Crippen molar-refractivity contribution in [3.05, 3.63) is 48.6 Å². The molecule has 0 saturated carbocycles. The van der Waals surface area contributed by atoms with Gasteiger partial charge in [-0.25, -0.2) is 4.57 Å². The number of allylic oxidation sites excluding steroid dienone is 8. The number of phosphoric ester groups is 1. The van der Waals surface area contributed by atoms with Crippen LogP contribution in [0.15, 0.2) is 48.6 Å². The molecule has 0 bridgehead atoms. The van der Waals surface area contributed by atoms with Gasteiger partial charge in [-0.1, -0.05) is 178 Å². The molecule has 0 rings (SSSR count). The summed E-state index contributed by atoms with van der Waals surface area (Å²) in [5.41, 5.74) is 0. The van der Waals surface area contributed by atoms with Crippen LogP contribution in [0.2, 0.25) is 0 Å². The lowest BCUT2D eigenvalue weighted by atomic mass is 10.0. The van der Waals surface area contributed by atoms with Gasteiger partial charge in [0.05, 0.1) is 26.4 Å². The first kappa shape index (κ1) is 53.4. The first-order valence-corrected chi connectivity index (χ1v) is 23.6. The Kier molecular flexibility index (Phi) is 40.8. The van der Waals surface area contributed by atoms with Crippen LogP contribution in [0, 0.1) is 0 Å². The highest BCUT2D eigenvalue weighted by Gasteiger charge is 2.26. The maximum absolute atomic E-state index is 12.6. The molecular weight excluding hydrogens is 715 g/mol. The van der Waals surface area contributed by atoms with Crippen molar-refractivity contribution in [2.24, 2.45) is 0 Å². The molecule has 0 aliphatic rings. The van der Waals surface area contributed by atoms with Gasteiger partial charge in [0.25, 0.3) is 0 Å². The zero-order valence-corrected chi connectivity index (χ0v) is 36.0. The normalized spacial score (nSPS) is 14.5. The van der Waals surface area contributed by atoms with Gasteiger partial charge in [0.1, 0.15) is 12.2 Å². The Morgan fingerprint density at radius 1 is 0.582 bits per heavy atom. The standard InChI is InChI=1S/C45H83O9P/c1-3-5-7-9-11-13-15-17-19-20-21-22-24-26-28-30-32-34-36-38-51-41-44(42-53-55(49,50)52-40-43(47)39-46)54-45(48)37-35-33-31-29-27-25-23-18-16-14-12-10-8-6-4-2/h6,8,12,14,18,23,27,29,43-44,46-47H,3-5,7,9-11,13,15-17,19-22,24-26,28,30-42H2,1-2H3,(H,49,50)/b8-6-,14-12-,23-18-,29-27-. The van der Waals surface area contributed by atoms with Gasteiger partial charge in [-0.2, -0.15) is 0 Å². The van der Waals surface area contributed by atoms with Crippen molar-refractivity contribution in [2.75, 3.05) is 33.0 Å². The second-order valence-corrected chi connectivity index (χ2v) is 16.1. The Hall–Kier alpha value is -1.58. The average Bonchev–Trinajstić information content (AvgIpc) is 3.18. The Balaban J connectivity index is 4.18. The summed E-state index contributed by atoms with van der Waals surface area (Å²) in [6, 6.07) is 0. The summed E-state index contributed by atoms with van der Waals surface area (Å²) in [4.78, 5) is 22.6. The van der Waals surface area contributed by atoms with E-state index in [4.69, 9.17) is 23.6 Å². The van der Waals surface area contributed by atoms with Gasteiger partial charge in [0.15, 0.2) is 0 Å². The fraction of sp³-hybridized carbons (Fsp3) is 0.800. The minimum absolute atomic E-state index is 0.0337. The lowest BCUT2D eigenvalue weighted by Crippen LogP contribution is -2.29. The van der Waals surface area contributed by atoms with E-state index in [1.54, 1.807) is 0 Å². The van der Waals surface area contributed by atoms with Crippen LogP contribution >= 0.6 is 7.82 Å². The SMILES string of the molecule is CC/C=C\C/C=C\C/C=C\C/C=C\CCCCC(=O)OC(COCCCCCCCCCCCCCCCCCCCCC)COP(=O)(O)OCC(O)CO. The molecule has 0 radical (unpaired) electrons. The number of rotatable bonds is 42. The van der Waals surface area contributed by atoms with Gasteiger partial charge in [-0.05, 0) is 51.4 Å². The third-order valence-electron chi connectivity index (χ3n) is 9.28. The van der Waals surface area contributed by atoms with Gasteiger partial charge in [-0.3, -0.25) is 13.8 Å². The van der Waals surface area contributed by atoms with E-state index in [2.05, 4.69) is 62.5 Å². The molecule has 0 aliphatic heterocycles. The van der Waals surface area contributed by atoms with Crippen molar-refractivity contribution >= 4 is 13.8 Å². The average molecular weight is 799 g/mol. The first-order valence-electron chi connectivity index (χ1n) is 22.1. The molecule has 0 amide bonds. The first-order chi connectivity index (χ1) is 26.8. The number of phosphoric acid groups is 1. The van der Waals surface area contributed by atoms with Gasteiger partial charge >= 0.3 is 13.8 Å². The molecule has 55 heavy (non-hydrogen) atoms. The van der Waals surface area contributed by atoms with E-state index < -0.39 is 45.8 Å². The number of carbonyl (C=O) groups is 1. The highest BCUT2D eigenvalue weighted by Crippen LogP contribution is 2.43. The van der Waals surface area contributed by atoms with Crippen LogP contribution in [0.4, 0.5) is 0 Å². The molecule has 3 atom stereocenters. The summed E-state index contributed by atoms with van der Waals surface area (Å²) >= 11 is 0. The molecule has 3 unspecified atom stereocenters. The maximum Gasteiger partial charge on any atom is 0.472 e. The summed E-state index contributed by atoms with van der Waals surface area (Å²) in [5, 5.41) is 18.3. The zero-order valence-electron chi connectivity index (χ0n) is 35.1. The van der Waals surface area contributed by atoms with Crippen molar-refractivity contribution in [3.8, 4) is 0 Å². The van der Waals surface area contributed by atoms with Crippen molar-refractivity contribution < 1.29 is 43.0 Å². The van der Waals surface area contributed by atoms with Crippen LogP contribution in [-0.4, -0.2) is 66.3 Å². The largest absolute Gasteiger partial charge is 0.472 e. The molecule has 0 aromatic heterocycles. The Bertz CT molecular complexity index is 997. The van der Waals surface area contributed by atoms with E-state index in [1.807, 2.05) is 0 Å². The summed E-state index contributed by atoms with van der Waals surface area (Å²) < 4.78 is 33.3. The van der Waals surface area contributed by atoms with Crippen LogP contribution in [0.25, 0.3) is 0 Å². The predicted molar refractivity (Wildman–Crippen MR) is 228 cm³/mol. The van der Waals surface area contributed by atoms with E-state index in [9.17, 15) is 19.4 Å². The number of ether oxygens (including phenoxy) is 2. The second-order valence-electron chi connectivity index (χ2n) is 14.7. The molecule has 0 fully saturated rings. The predicted octanol–water partition coefficient (Wildman–Crippen LogP) is 12.2. The fourth-order valence-corrected chi connectivity index (χ4v) is 6.72. The molecule has 3 N–H and O–H groups in total. The quantitative estimate of drug-likeness (QED) is 0.0239. The number of hydrogen-bond acceptors (Lipinski definition) is 8. The maximum atomic E-state index is 12.6. The number of unbranched alkanes of at least 4 members (excludes halogenated alkanes) is 20. The molecule has 0 aromatic rings. The van der Waals surface area contributed by atoms with E-state index >= 15 is 0 Å². The fourth-order valence-electron chi connectivity index (χ4n) is 5.93. The summed E-state index contributed by atoms with van der Waals surface area (Å²) in [6.07, 6.45) is 46.5. The van der Waals surface area contributed by atoms with Crippen LogP contribution < -0.4 is 0 Å². The topological polar surface area (TPSA) is 132 Å². The lowest BCUT2D eigenvalue weighted by Gasteiger charge is -2.20. The van der Waals surface area contributed by atoms with Crippen LogP contribution in [0.5, 0.6) is 0 Å². The van der Waals surface area contributed by atoms with Gasteiger partial charge < -0.3 is 24.6 Å². The number of hydrogen-bond donors (Lipinski definition) is 3. The van der Waals surface area contributed by atoms with Gasteiger partial charge in [0.2, 0.25) is 0 Å². The van der Waals surface area contributed by atoms with Crippen LogP contribution in [-0.2, 0) is 27.9 Å². The van der Waals surface area contributed by atoms with Crippen LogP contribution in [0.3, 0.4) is 0 Å². The molecule has 10 heteroatoms. The van der Waals surface area contributed by atoms with E-state index in [0.29, 0.717) is 13.0 Å². The van der Waals surface area contributed by atoms with Crippen molar-refractivity contribution in [3.63, 3.8) is 0 Å². The zero-order chi connectivity index (χ0) is 40.3. The lowest BCUT2D eigenvalue weighted by molar-refractivity contribution is -0.154. The number of aliphatic hydroxyl groups excluding tert-OH is 2. The number of esters is 1. The molecule has 9 nitrogen and oxygen atoms in total.